The summed E-state index contributed by atoms with van der Waals surface area (Å²) in [6, 6.07) is 2.08. The minimum atomic E-state index is -0.260. The minimum absolute atomic E-state index is 0.236. The zero-order valence-corrected chi connectivity index (χ0v) is 13.3. The summed E-state index contributed by atoms with van der Waals surface area (Å²) in [7, 11) is 3.24. The molecular weight excluding hydrogens is 268 g/mol. The summed E-state index contributed by atoms with van der Waals surface area (Å²) in [6.45, 7) is 5.70. The van der Waals surface area contributed by atoms with Crippen LogP contribution in [0.4, 0.5) is 0 Å². The maximum atomic E-state index is 12.0. The van der Waals surface area contributed by atoms with Gasteiger partial charge < -0.3 is 5.32 Å². The van der Waals surface area contributed by atoms with Crippen molar-refractivity contribution in [2.45, 2.75) is 38.8 Å². The van der Waals surface area contributed by atoms with Gasteiger partial charge in [0.05, 0.1) is 0 Å². The molecule has 1 atom stereocenters. The van der Waals surface area contributed by atoms with Gasteiger partial charge in [-0.25, -0.2) is 4.79 Å². The number of hydrogen-bond acceptors (Lipinski definition) is 4. The maximum absolute atomic E-state index is 12.0. The molecule has 0 saturated carbocycles. The average Bonchev–Trinajstić information content (AvgIpc) is 2.50. The van der Waals surface area contributed by atoms with E-state index in [1.54, 1.807) is 17.7 Å². The number of nitrogens with one attached hydrogen (secondary N) is 1. The summed E-state index contributed by atoms with van der Waals surface area (Å²) in [5, 5.41) is 3.54. The largest absolute Gasteiger partial charge is 0.330 e. The van der Waals surface area contributed by atoms with Crippen molar-refractivity contribution in [3.8, 4) is 0 Å². The molecule has 1 aromatic rings. The summed E-state index contributed by atoms with van der Waals surface area (Å²) in [5.74, 6) is 0. The van der Waals surface area contributed by atoms with E-state index in [-0.39, 0.29) is 11.2 Å². The molecule has 2 heterocycles. The quantitative estimate of drug-likeness (QED) is 0.833. The monoisotopic (exact) mass is 294 g/mol. The number of hydrogen-bond donors (Lipinski definition) is 1. The maximum Gasteiger partial charge on any atom is 0.330 e. The Kier molecular flexibility index (Phi) is 5.36. The number of piperidine rings is 1. The molecule has 0 radical (unpaired) electrons. The summed E-state index contributed by atoms with van der Waals surface area (Å²) >= 11 is 0. The van der Waals surface area contributed by atoms with Crippen molar-refractivity contribution in [1.29, 1.82) is 0 Å². The molecule has 6 nitrogen and oxygen atoms in total. The molecule has 0 aromatic carbocycles. The summed E-state index contributed by atoms with van der Waals surface area (Å²) < 4.78 is 2.71. The van der Waals surface area contributed by atoms with Crippen molar-refractivity contribution >= 4 is 0 Å². The predicted octanol–water partition coefficient (Wildman–Crippen LogP) is 0.0480. The Morgan fingerprint density at radius 3 is 2.67 bits per heavy atom. The topological polar surface area (TPSA) is 59.3 Å². The van der Waals surface area contributed by atoms with Crippen LogP contribution in [0.15, 0.2) is 15.7 Å². The molecule has 2 rings (SSSR count). The van der Waals surface area contributed by atoms with Crippen LogP contribution in [0.3, 0.4) is 0 Å². The van der Waals surface area contributed by atoms with E-state index in [9.17, 15) is 9.59 Å². The lowest BCUT2D eigenvalue weighted by molar-refractivity contribution is 0.221. The van der Waals surface area contributed by atoms with E-state index in [0.717, 1.165) is 29.9 Å². The number of likely N-dealkylation sites (N-methyl/N-ethyl adjacent to an activating group) is 1. The third-order valence-electron chi connectivity index (χ3n) is 4.35. The van der Waals surface area contributed by atoms with E-state index in [2.05, 4.69) is 17.1 Å². The van der Waals surface area contributed by atoms with Gasteiger partial charge in [0.15, 0.2) is 0 Å². The SMILES string of the molecule is CCN(Cc1cc(=O)n(C)c(=O)n1C)CC1CCCCN1. The van der Waals surface area contributed by atoms with Crippen LogP contribution < -0.4 is 16.6 Å². The first-order valence-electron chi connectivity index (χ1n) is 7.74. The Morgan fingerprint density at radius 2 is 2.05 bits per heavy atom. The molecule has 1 aromatic heterocycles. The van der Waals surface area contributed by atoms with Gasteiger partial charge >= 0.3 is 5.69 Å². The smallest absolute Gasteiger partial charge is 0.313 e. The first kappa shape index (κ1) is 16.0. The molecule has 1 N–H and O–H groups in total. The highest BCUT2D eigenvalue weighted by molar-refractivity contribution is 5.02. The van der Waals surface area contributed by atoms with Gasteiger partial charge in [0.25, 0.3) is 5.56 Å². The van der Waals surface area contributed by atoms with Gasteiger partial charge in [-0.2, -0.15) is 0 Å². The van der Waals surface area contributed by atoms with Crippen LogP contribution in [0.1, 0.15) is 31.9 Å². The van der Waals surface area contributed by atoms with E-state index in [4.69, 9.17) is 0 Å². The second kappa shape index (κ2) is 7.04. The molecule has 1 saturated heterocycles. The van der Waals surface area contributed by atoms with E-state index >= 15 is 0 Å². The van der Waals surface area contributed by atoms with Crippen LogP contribution in [0.5, 0.6) is 0 Å². The van der Waals surface area contributed by atoms with Gasteiger partial charge in [-0.1, -0.05) is 13.3 Å². The number of nitrogens with zero attached hydrogens (tertiary/aromatic N) is 3. The predicted molar refractivity (Wildman–Crippen MR) is 83.5 cm³/mol. The molecule has 0 bridgehead atoms. The Hall–Kier alpha value is -1.40. The lowest BCUT2D eigenvalue weighted by atomic mass is 10.0. The van der Waals surface area contributed by atoms with Crippen molar-refractivity contribution < 1.29 is 0 Å². The van der Waals surface area contributed by atoms with Crippen LogP contribution in [-0.2, 0) is 20.6 Å². The molecule has 1 fully saturated rings. The van der Waals surface area contributed by atoms with Crippen molar-refractivity contribution in [2.24, 2.45) is 14.1 Å². The molecule has 118 valence electrons. The van der Waals surface area contributed by atoms with Gasteiger partial charge in [0, 0.05) is 45.0 Å². The fraction of sp³-hybridized carbons (Fsp3) is 0.733. The van der Waals surface area contributed by atoms with E-state index in [0.29, 0.717) is 12.6 Å². The lowest BCUT2D eigenvalue weighted by Crippen LogP contribution is -2.44. The number of rotatable bonds is 5. The number of aromatic nitrogens is 2. The van der Waals surface area contributed by atoms with Crippen LogP contribution in [0.25, 0.3) is 0 Å². The molecule has 1 aliphatic heterocycles. The van der Waals surface area contributed by atoms with Crippen molar-refractivity contribution in [1.82, 2.24) is 19.4 Å². The molecule has 1 aliphatic rings. The van der Waals surface area contributed by atoms with Gasteiger partial charge in [-0.15, -0.1) is 0 Å². The molecular formula is C15H26N4O2. The lowest BCUT2D eigenvalue weighted by Gasteiger charge is -2.30. The highest BCUT2D eigenvalue weighted by atomic mass is 16.2. The van der Waals surface area contributed by atoms with Gasteiger partial charge in [-0.05, 0) is 25.9 Å². The van der Waals surface area contributed by atoms with Crippen LogP contribution in [-0.4, -0.2) is 39.7 Å². The summed E-state index contributed by atoms with van der Waals surface area (Å²) in [6.07, 6.45) is 3.73. The van der Waals surface area contributed by atoms with E-state index in [1.807, 2.05) is 0 Å². The fourth-order valence-electron chi connectivity index (χ4n) is 2.86. The highest BCUT2D eigenvalue weighted by Crippen LogP contribution is 2.10. The molecule has 21 heavy (non-hydrogen) atoms. The Morgan fingerprint density at radius 1 is 1.29 bits per heavy atom. The van der Waals surface area contributed by atoms with Crippen LogP contribution >= 0.6 is 0 Å². The van der Waals surface area contributed by atoms with Crippen molar-refractivity contribution in [3.63, 3.8) is 0 Å². The van der Waals surface area contributed by atoms with Crippen molar-refractivity contribution in [2.75, 3.05) is 19.6 Å². The first-order valence-corrected chi connectivity index (χ1v) is 7.74. The van der Waals surface area contributed by atoms with Crippen LogP contribution in [0.2, 0.25) is 0 Å². The minimum Gasteiger partial charge on any atom is -0.313 e. The summed E-state index contributed by atoms with van der Waals surface area (Å²) in [5.41, 5.74) is 0.282. The third-order valence-corrected chi connectivity index (χ3v) is 4.35. The fourth-order valence-corrected chi connectivity index (χ4v) is 2.86. The van der Waals surface area contributed by atoms with Crippen molar-refractivity contribution in [3.05, 3.63) is 32.6 Å². The van der Waals surface area contributed by atoms with Crippen LogP contribution in [0, 0.1) is 0 Å². The Balaban J connectivity index is 2.11. The zero-order valence-electron chi connectivity index (χ0n) is 13.3. The van der Waals surface area contributed by atoms with Gasteiger partial charge in [0.2, 0.25) is 0 Å². The molecule has 6 heteroatoms. The molecule has 0 aliphatic carbocycles. The average molecular weight is 294 g/mol. The normalized spacial score (nSPS) is 19.1. The second-order valence-electron chi connectivity index (χ2n) is 5.85. The van der Waals surface area contributed by atoms with E-state index < -0.39 is 0 Å². The Bertz CT molecular complexity index is 584. The molecule has 1 unspecified atom stereocenters. The van der Waals surface area contributed by atoms with Gasteiger partial charge in [-0.3, -0.25) is 18.8 Å². The second-order valence-corrected chi connectivity index (χ2v) is 5.85. The standard InChI is InChI=1S/C15H26N4O2/c1-4-19(10-12-7-5-6-8-16-12)11-13-9-14(20)18(3)15(21)17(13)2/h9,12,16H,4-8,10-11H2,1-3H3. The Labute approximate surface area is 125 Å². The highest BCUT2D eigenvalue weighted by Gasteiger charge is 2.17. The third kappa shape index (κ3) is 3.83. The zero-order chi connectivity index (χ0) is 15.4. The molecule has 0 spiro atoms. The van der Waals surface area contributed by atoms with Gasteiger partial charge in [0.1, 0.15) is 0 Å². The van der Waals surface area contributed by atoms with E-state index in [1.165, 1.54) is 26.3 Å². The molecule has 0 amide bonds. The summed E-state index contributed by atoms with van der Waals surface area (Å²) in [4.78, 5) is 26.0. The first-order chi connectivity index (χ1) is 10.0.